The van der Waals surface area contributed by atoms with Gasteiger partial charge in [0.2, 0.25) is 0 Å². The molecule has 0 aromatic carbocycles. The van der Waals surface area contributed by atoms with Gasteiger partial charge in [-0.3, -0.25) is 9.97 Å². The first-order chi connectivity index (χ1) is 14.2. The van der Waals surface area contributed by atoms with E-state index in [4.69, 9.17) is 4.98 Å². The Morgan fingerprint density at radius 2 is 1.32 bits per heavy atom. The predicted molar refractivity (Wildman–Crippen MR) is 102 cm³/mol. The first-order valence-corrected chi connectivity index (χ1v) is 9.08. The second kappa shape index (κ2) is 8.38. The number of alkyl halides is 3. The smallest absolute Gasteiger partial charge is 0.451 e. The SMILES string of the molecule is Cc1nc[c-]n1-c1cccc(C(C)(C)c2cccc(-n3[c-]cnc3C(F)(F)F)n2)n1.[Pt+2]. The van der Waals surface area contributed by atoms with Crippen molar-refractivity contribution in [1.29, 1.82) is 0 Å². The summed E-state index contributed by atoms with van der Waals surface area (Å²) in [4.78, 5) is 16.7. The largest absolute Gasteiger partial charge is 2.00 e. The van der Waals surface area contributed by atoms with Gasteiger partial charge in [0.15, 0.2) is 0 Å². The fourth-order valence-corrected chi connectivity index (χ4v) is 3.13. The quantitative estimate of drug-likeness (QED) is 0.329. The van der Waals surface area contributed by atoms with Gasteiger partial charge in [-0.2, -0.15) is 13.2 Å². The van der Waals surface area contributed by atoms with Crippen LogP contribution in [0.5, 0.6) is 0 Å². The molecule has 0 bridgehead atoms. The fraction of sp³-hybridized carbons (Fsp3) is 0.238. The van der Waals surface area contributed by atoms with E-state index in [1.807, 2.05) is 39.0 Å². The predicted octanol–water partition coefficient (Wildman–Crippen LogP) is 4.10. The second-order valence-corrected chi connectivity index (χ2v) is 7.20. The standard InChI is InChI=1S/C21H17F3N6.Pt/c1-14-25-10-12-29(14)17-8-4-6-15(27-17)20(2,3)16-7-5-9-18(28-16)30-13-11-26-19(30)21(22,23)24;/h4-11H,1-3H3;/q-2;+2. The molecule has 0 unspecified atom stereocenters. The van der Waals surface area contributed by atoms with Gasteiger partial charge in [-0.05, 0) is 38.4 Å². The fourth-order valence-electron chi connectivity index (χ4n) is 3.13. The van der Waals surface area contributed by atoms with E-state index in [0.29, 0.717) is 17.2 Å². The summed E-state index contributed by atoms with van der Waals surface area (Å²) in [6.45, 7) is 5.68. The van der Waals surface area contributed by atoms with Gasteiger partial charge in [0, 0.05) is 34.3 Å². The summed E-state index contributed by atoms with van der Waals surface area (Å²) in [6.07, 6.45) is 3.41. The van der Waals surface area contributed by atoms with Gasteiger partial charge in [0.05, 0.1) is 0 Å². The zero-order valence-electron chi connectivity index (χ0n) is 16.8. The summed E-state index contributed by atoms with van der Waals surface area (Å²) in [7, 11) is 0. The van der Waals surface area contributed by atoms with Crippen molar-refractivity contribution in [2.45, 2.75) is 32.4 Å². The third kappa shape index (κ3) is 4.32. The van der Waals surface area contributed by atoms with Gasteiger partial charge < -0.3 is 19.1 Å². The minimum absolute atomic E-state index is 0. The molecule has 4 aromatic heterocycles. The van der Waals surface area contributed by atoms with E-state index in [1.54, 1.807) is 22.9 Å². The average molecular weight is 605 g/mol. The molecule has 4 aromatic rings. The van der Waals surface area contributed by atoms with Crippen LogP contribution in [-0.2, 0) is 32.7 Å². The molecule has 0 aliphatic rings. The molecule has 0 radical (unpaired) electrons. The van der Waals surface area contributed by atoms with Gasteiger partial charge in [0.1, 0.15) is 5.82 Å². The molecule has 31 heavy (non-hydrogen) atoms. The number of rotatable bonds is 4. The van der Waals surface area contributed by atoms with Crippen LogP contribution in [-0.4, -0.2) is 29.1 Å². The Kier molecular flexibility index (Phi) is 6.18. The Morgan fingerprint density at radius 3 is 1.84 bits per heavy atom. The van der Waals surface area contributed by atoms with Gasteiger partial charge in [0.25, 0.3) is 0 Å². The summed E-state index contributed by atoms with van der Waals surface area (Å²) in [6, 6.07) is 10.5. The molecule has 0 saturated carbocycles. The van der Waals surface area contributed by atoms with Crippen LogP contribution in [0.4, 0.5) is 13.2 Å². The molecule has 0 aliphatic carbocycles. The summed E-state index contributed by atoms with van der Waals surface area (Å²) in [5.41, 5.74) is 0.586. The van der Waals surface area contributed by atoms with E-state index in [1.165, 1.54) is 6.07 Å². The number of hydrogen-bond donors (Lipinski definition) is 0. The number of hydrogen-bond acceptors (Lipinski definition) is 4. The molecule has 0 N–H and O–H groups in total. The summed E-state index contributed by atoms with van der Waals surface area (Å²) >= 11 is 0. The topological polar surface area (TPSA) is 61.4 Å². The Morgan fingerprint density at radius 1 is 0.806 bits per heavy atom. The maximum atomic E-state index is 13.2. The van der Waals surface area contributed by atoms with Gasteiger partial charge in [-0.1, -0.05) is 43.6 Å². The van der Waals surface area contributed by atoms with Crippen molar-refractivity contribution in [2.24, 2.45) is 0 Å². The molecule has 0 aliphatic heterocycles. The van der Waals surface area contributed by atoms with Crippen molar-refractivity contribution in [3.05, 3.63) is 84.2 Å². The van der Waals surface area contributed by atoms with E-state index in [-0.39, 0.29) is 26.9 Å². The molecular formula is C21H17F3N6Pt. The van der Waals surface area contributed by atoms with Gasteiger partial charge in [-0.15, -0.1) is 0 Å². The van der Waals surface area contributed by atoms with E-state index in [2.05, 4.69) is 27.3 Å². The van der Waals surface area contributed by atoms with E-state index in [9.17, 15) is 13.2 Å². The van der Waals surface area contributed by atoms with Crippen molar-refractivity contribution in [3.8, 4) is 11.6 Å². The molecule has 4 heterocycles. The second-order valence-electron chi connectivity index (χ2n) is 7.20. The summed E-state index contributed by atoms with van der Waals surface area (Å²) in [5, 5.41) is 0. The summed E-state index contributed by atoms with van der Waals surface area (Å²) < 4.78 is 42.2. The Labute approximate surface area is 191 Å². The molecule has 162 valence electrons. The summed E-state index contributed by atoms with van der Waals surface area (Å²) in [5.74, 6) is 0.401. The number of aromatic nitrogens is 6. The van der Waals surface area contributed by atoms with Crippen LogP contribution < -0.4 is 0 Å². The number of imidazole rings is 2. The first kappa shape index (κ1) is 22.9. The molecule has 0 spiro atoms. The van der Waals surface area contributed by atoms with Crippen molar-refractivity contribution < 1.29 is 34.2 Å². The van der Waals surface area contributed by atoms with Crippen molar-refractivity contribution >= 4 is 0 Å². The number of aryl methyl sites for hydroxylation is 1. The van der Waals surface area contributed by atoms with Crippen LogP contribution in [0, 0.1) is 19.3 Å². The van der Waals surface area contributed by atoms with Gasteiger partial charge >= 0.3 is 27.2 Å². The van der Waals surface area contributed by atoms with Crippen LogP contribution in [0.15, 0.2) is 48.8 Å². The normalized spacial score (nSPS) is 11.9. The van der Waals surface area contributed by atoms with Crippen LogP contribution in [0.3, 0.4) is 0 Å². The molecular weight excluding hydrogens is 588 g/mol. The Hall–Kier alpha value is -2.80. The monoisotopic (exact) mass is 605 g/mol. The number of pyridine rings is 2. The zero-order valence-corrected chi connectivity index (χ0v) is 19.0. The van der Waals surface area contributed by atoms with Crippen LogP contribution in [0.2, 0.25) is 0 Å². The zero-order chi connectivity index (χ0) is 21.5. The molecule has 4 rings (SSSR count). The number of halogens is 3. The first-order valence-electron chi connectivity index (χ1n) is 9.08. The van der Waals surface area contributed by atoms with E-state index >= 15 is 0 Å². The van der Waals surface area contributed by atoms with Crippen molar-refractivity contribution in [1.82, 2.24) is 29.1 Å². The van der Waals surface area contributed by atoms with E-state index < -0.39 is 17.4 Å². The minimum atomic E-state index is -4.61. The molecule has 0 fully saturated rings. The van der Waals surface area contributed by atoms with E-state index in [0.717, 1.165) is 16.6 Å². The Bertz CT molecular complexity index is 1200. The average Bonchev–Trinajstić information content (AvgIpc) is 3.37. The number of nitrogens with zero attached hydrogens (tertiary/aromatic N) is 6. The van der Waals surface area contributed by atoms with Crippen molar-refractivity contribution in [3.63, 3.8) is 0 Å². The third-order valence-electron chi connectivity index (χ3n) is 4.81. The third-order valence-corrected chi connectivity index (χ3v) is 4.81. The molecule has 0 saturated heterocycles. The van der Waals surface area contributed by atoms with Crippen LogP contribution in [0.25, 0.3) is 11.6 Å². The molecule has 10 heteroatoms. The van der Waals surface area contributed by atoms with Crippen LogP contribution >= 0.6 is 0 Å². The molecule has 0 atom stereocenters. The van der Waals surface area contributed by atoms with Gasteiger partial charge in [-0.25, -0.2) is 0 Å². The Balaban J connectivity index is 0.00000272. The minimum Gasteiger partial charge on any atom is -0.451 e. The maximum absolute atomic E-state index is 13.2. The van der Waals surface area contributed by atoms with Crippen LogP contribution in [0.1, 0.15) is 36.9 Å². The van der Waals surface area contributed by atoms with Crippen molar-refractivity contribution in [2.75, 3.05) is 0 Å². The molecule has 0 amide bonds. The maximum Gasteiger partial charge on any atom is 2.00 e. The molecule has 6 nitrogen and oxygen atoms in total.